The van der Waals surface area contributed by atoms with Crippen molar-refractivity contribution in [1.82, 2.24) is 55.9 Å². The molecule has 8 rings (SSSR count). The van der Waals surface area contributed by atoms with Crippen molar-refractivity contribution in [1.29, 1.82) is 0 Å². The summed E-state index contributed by atoms with van der Waals surface area (Å²) in [6.07, 6.45) is 9.10. The lowest BCUT2D eigenvalue weighted by Gasteiger charge is -2.63. The van der Waals surface area contributed by atoms with Crippen molar-refractivity contribution in [3.8, 4) is 0 Å². The van der Waals surface area contributed by atoms with Crippen molar-refractivity contribution < 1.29 is 67.2 Å². The van der Waals surface area contributed by atoms with E-state index in [1.54, 1.807) is 66.5 Å². The van der Waals surface area contributed by atoms with Crippen LogP contribution in [0.1, 0.15) is 154 Å². The van der Waals surface area contributed by atoms with Gasteiger partial charge in [0.1, 0.15) is 47.7 Å². The molecule has 32 heteroatoms. The second-order valence-corrected chi connectivity index (χ2v) is 29.0. The summed E-state index contributed by atoms with van der Waals surface area (Å²) >= 11 is 14.4. The smallest absolute Gasteiger partial charge is 0.444 e. The number of H-pyrrole nitrogens is 1. The van der Waals surface area contributed by atoms with Gasteiger partial charge in [0.2, 0.25) is 35.4 Å². The molecule has 2 aromatic heterocycles. The average molecular weight is 1300 g/mol. The van der Waals surface area contributed by atoms with Gasteiger partial charge in [-0.3, -0.25) is 28.8 Å². The molecule has 0 aromatic carbocycles. The third-order valence-corrected chi connectivity index (χ3v) is 16.6. The van der Waals surface area contributed by atoms with E-state index in [4.69, 9.17) is 58.9 Å². The normalized spacial score (nSPS) is 23.9. The Balaban J connectivity index is 0.000000349. The SMILES string of the molecule is CC(NC(=O)C(Cc1cn(C(=O)OC(C)(C)C)cn1)NC(=O)OC(C)(C)C)C(=O)NC(C(=O)N1CCCC1B1OC2C3CC(C[C@]2(C)O1)C3(C)C)C(C)C.CC(NC(=O)C(N)Cc1cnc[nH]1)C(=O)NC(C(=O)N1CCCC1B(O)O)C(C)C.ClB(Cl)Cl. The number of likely N-dealkylation sites (tertiary alicyclic amines) is 2. The number of rotatable bonds is 19. The summed E-state index contributed by atoms with van der Waals surface area (Å²) in [7, 11) is -2.16. The van der Waals surface area contributed by atoms with Crippen molar-refractivity contribution in [2.45, 2.75) is 226 Å². The summed E-state index contributed by atoms with van der Waals surface area (Å²) in [6, 6.07) is -5.79. The maximum absolute atomic E-state index is 14.2. The lowest BCUT2D eigenvalue weighted by molar-refractivity contribution is -0.185. The Bertz CT molecular complexity index is 2730. The van der Waals surface area contributed by atoms with E-state index in [9.17, 15) is 48.4 Å². The van der Waals surface area contributed by atoms with Crippen LogP contribution in [-0.2, 0) is 60.4 Å². The van der Waals surface area contributed by atoms with Gasteiger partial charge in [0, 0.05) is 44.0 Å². The zero-order chi connectivity index (χ0) is 66.1. The van der Waals surface area contributed by atoms with Gasteiger partial charge in [0.05, 0.1) is 41.7 Å². The number of aromatic nitrogens is 4. The fraction of sp³-hybridized carbons (Fsp3) is 0.750. The van der Waals surface area contributed by atoms with Crippen LogP contribution in [0.4, 0.5) is 9.59 Å². The van der Waals surface area contributed by atoms with Gasteiger partial charge in [-0.2, -0.15) is 34.4 Å². The van der Waals surface area contributed by atoms with Crippen molar-refractivity contribution in [3.05, 3.63) is 36.4 Å². The van der Waals surface area contributed by atoms with Crippen LogP contribution >= 0.6 is 34.4 Å². The molecule has 2 bridgehead atoms. The largest absolute Gasteiger partial charge is 0.481 e. The molecule has 2 aromatic rings. The third kappa shape index (κ3) is 19.9. The standard InChI is InChI=1S/C38H61BN6O9.C18H31BN6O5.BCl3/c1-21(2)28(32(48)45-15-13-14-27(45)39-53-29-25-16-23(37(25,10)11)18-38(29,12)54-39)43-30(46)22(3)41-31(47)26(42-33(49)51-35(4,5)6)17-24-19-44(20-40-24)34(50)52-36(7,8)9;1-10(2)15(18(28)25-6-4-5-14(25)19(29)30)24-16(26)11(3)23-17(27)13(20)7-12-8-21-9-22-12;2-1(3)4/h19-23,25-29H,13-18H2,1-12H3,(H,41,47)(H,42,49)(H,43,46);8-11,13-15,29-30H,4-7,20H2,1-3H3,(H,21,22)(H,23,27)(H,24,26);/t22?,23?,25?,26?,27?,28?,29?,38-;;/m0../s1. The summed E-state index contributed by atoms with van der Waals surface area (Å²) in [5.74, 6) is -3.29. The zero-order valence-corrected chi connectivity index (χ0v) is 55.6. The minimum Gasteiger partial charge on any atom is -0.444 e. The number of alkyl carbamates (subject to hydrolysis) is 1. The van der Waals surface area contributed by atoms with Gasteiger partial charge >= 0.3 is 31.4 Å². The van der Waals surface area contributed by atoms with Crippen LogP contribution in [0.25, 0.3) is 0 Å². The summed E-state index contributed by atoms with van der Waals surface area (Å²) < 4.78 is 25.2. The number of hydrogen-bond acceptors (Lipinski definition) is 17. The molecule has 11 unspecified atom stereocenters. The van der Waals surface area contributed by atoms with Gasteiger partial charge in [0.25, 0.3) is 0 Å². The van der Waals surface area contributed by atoms with Crippen LogP contribution in [0, 0.1) is 29.1 Å². The number of halogens is 3. The lowest BCUT2D eigenvalue weighted by atomic mass is 9.45. The zero-order valence-electron chi connectivity index (χ0n) is 53.4. The number of nitrogens with two attached hydrogens (primary N) is 1. The number of ether oxygens (including phenoxy) is 2. The highest BCUT2D eigenvalue weighted by atomic mass is 35.6. The van der Waals surface area contributed by atoms with E-state index in [0.717, 1.165) is 30.3 Å². The van der Waals surface area contributed by atoms with Gasteiger partial charge < -0.3 is 75.9 Å². The highest BCUT2D eigenvalue weighted by Crippen LogP contribution is 2.65. The van der Waals surface area contributed by atoms with E-state index in [1.165, 1.54) is 37.6 Å². The molecule has 3 saturated heterocycles. The first-order valence-corrected chi connectivity index (χ1v) is 31.5. The van der Waals surface area contributed by atoms with E-state index < -0.39 is 108 Å². The minimum absolute atomic E-state index is 0.0144. The summed E-state index contributed by atoms with van der Waals surface area (Å²) in [6.45, 7) is 28.3. The molecule has 26 nitrogen and oxygen atoms in total. The molecule has 0 spiro atoms. The molecule has 3 aliphatic heterocycles. The van der Waals surface area contributed by atoms with Crippen molar-refractivity contribution in [2.75, 3.05) is 13.1 Å². The van der Waals surface area contributed by atoms with Gasteiger partial charge in [0.15, 0.2) is 0 Å². The predicted molar refractivity (Wildman–Crippen MR) is 333 cm³/mol. The molecule has 0 radical (unpaired) electrons. The molecule has 5 heterocycles. The number of amides is 7. The van der Waals surface area contributed by atoms with Crippen LogP contribution in [0.5, 0.6) is 0 Å². The highest BCUT2D eigenvalue weighted by molar-refractivity contribution is 7.54. The molecule has 7 amide bonds. The van der Waals surface area contributed by atoms with E-state index in [1.807, 2.05) is 13.8 Å². The number of nitrogens with zero attached hydrogens (tertiary/aromatic N) is 5. The third-order valence-electron chi connectivity index (χ3n) is 16.6. The Labute approximate surface area is 532 Å². The van der Waals surface area contributed by atoms with E-state index in [-0.39, 0.29) is 59.6 Å². The number of carbonyl (C=O) groups is 8. The second kappa shape index (κ2) is 30.8. The van der Waals surface area contributed by atoms with Gasteiger partial charge in [-0.15, -0.1) is 0 Å². The lowest BCUT2D eigenvalue weighted by Crippen LogP contribution is -2.63. The van der Waals surface area contributed by atoms with Gasteiger partial charge in [-0.25, -0.2) is 24.1 Å². The van der Waals surface area contributed by atoms with E-state index in [0.29, 0.717) is 49.2 Å². The molecule has 3 saturated carbocycles. The summed E-state index contributed by atoms with van der Waals surface area (Å²) in [4.78, 5) is 118. The highest BCUT2D eigenvalue weighted by Gasteiger charge is 2.68. The van der Waals surface area contributed by atoms with Gasteiger partial charge in [-0.1, -0.05) is 41.5 Å². The molecule has 490 valence electrons. The van der Waals surface area contributed by atoms with Crippen molar-refractivity contribution >= 4 is 101 Å². The van der Waals surface area contributed by atoms with Crippen LogP contribution in [0.3, 0.4) is 0 Å². The van der Waals surface area contributed by atoms with E-state index >= 15 is 0 Å². The number of imidazole rings is 2. The Morgan fingerprint density at radius 2 is 1.34 bits per heavy atom. The molecular weight excluding hydrogens is 1200 g/mol. The summed E-state index contributed by atoms with van der Waals surface area (Å²) in [5.41, 5.74) is 5.15. The molecule has 3 aliphatic carbocycles. The fourth-order valence-corrected chi connectivity index (χ4v) is 11.8. The van der Waals surface area contributed by atoms with Crippen molar-refractivity contribution in [2.24, 2.45) is 34.8 Å². The first-order valence-electron chi connectivity index (χ1n) is 30.2. The number of hydrogen-bond donors (Lipinski definition) is 9. The van der Waals surface area contributed by atoms with Crippen LogP contribution in [0.15, 0.2) is 25.0 Å². The molecular formula is C56H92B3Cl3N12O14. The second-order valence-electron chi connectivity index (χ2n) is 27.0. The monoisotopic (exact) mass is 1290 g/mol. The quantitative estimate of drug-likeness (QED) is 0.0907. The number of carbonyl (C=O) groups excluding carboxylic acids is 8. The fourth-order valence-electron chi connectivity index (χ4n) is 11.8. The maximum atomic E-state index is 14.2. The van der Waals surface area contributed by atoms with Gasteiger partial charge in [-0.05, 0) is 130 Å². The predicted octanol–water partition coefficient (Wildman–Crippen LogP) is 3.62. The average Bonchev–Trinajstić information content (AvgIpc) is 1.53. The molecule has 88 heavy (non-hydrogen) atoms. The van der Waals surface area contributed by atoms with Crippen LogP contribution in [-0.4, -0.2) is 190 Å². The maximum Gasteiger partial charge on any atom is 0.481 e. The Kier molecular flexibility index (Phi) is 25.7. The molecule has 10 N–H and O–H groups in total. The Morgan fingerprint density at radius 3 is 1.86 bits per heavy atom. The topological polar surface area (TPSA) is 353 Å². The summed E-state index contributed by atoms with van der Waals surface area (Å²) in [5, 5.41) is 32.4. The number of aromatic amines is 1. The number of nitrogens with one attached hydrogen (secondary N) is 6. The Hall–Kier alpha value is -5.16. The first kappa shape index (κ1) is 73.6. The Morgan fingerprint density at radius 1 is 0.795 bits per heavy atom. The molecule has 12 atom stereocenters. The van der Waals surface area contributed by atoms with Crippen LogP contribution < -0.4 is 32.3 Å². The van der Waals surface area contributed by atoms with Crippen LogP contribution in [0.2, 0.25) is 0 Å². The minimum atomic E-state index is -1.63. The molecule has 6 fully saturated rings. The van der Waals surface area contributed by atoms with E-state index in [2.05, 4.69) is 62.3 Å². The molecule has 6 aliphatic rings. The first-order chi connectivity index (χ1) is 40.7. The van der Waals surface area contributed by atoms with Crippen molar-refractivity contribution in [3.63, 3.8) is 0 Å².